The molecule has 0 heterocycles. The Morgan fingerprint density at radius 1 is 1.11 bits per heavy atom. The van der Waals surface area contributed by atoms with E-state index in [2.05, 4.69) is 4.72 Å². The number of benzene rings is 2. The minimum absolute atomic E-state index is 0.277. The fourth-order valence-electron chi connectivity index (χ4n) is 1.90. The number of nitrogens with one attached hydrogen (secondary N) is 1. The van der Waals surface area contributed by atoms with Crippen LogP contribution in [0.2, 0.25) is 0 Å². The zero-order valence-corrected chi connectivity index (χ0v) is 11.6. The van der Waals surface area contributed by atoms with Crippen LogP contribution in [-0.2, 0) is 14.8 Å². The number of fused-ring (bicyclic) bond motifs is 1. The fraction of sp³-hybridized carbons (Fsp3) is 0.286. The first-order valence-electron chi connectivity index (χ1n) is 6.20. The van der Waals surface area contributed by atoms with E-state index in [9.17, 15) is 8.42 Å². The predicted octanol–water partition coefficient (Wildman–Crippen LogP) is 2.15. The first-order chi connectivity index (χ1) is 9.15. The highest BCUT2D eigenvalue weighted by Crippen LogP contribution is 2.22. The normalized spacial score (nSPS) is 11.8. The Labute approximate surface area is 113 Å². The van der Waals surface area contributed by atoms with Gasteiger partial charge in [-0.3, -0.25) is 0 Å². The summed E-state index contributed by atoms with van der Waals surface area (Å²) < 4.78 is 32.2. The number of sulfonamides is 1. The molecule has 0 saturated heterocycles. The Morgan fingerprint density at radius 2 is 1.84 bits per heavy atom. The lowest BCUT2D eigenvalue weighted by Crippen LogP contribution is -2.27. The maximum absolute atomic E-state index is 12.2. The van der Waals surface area contributed by atoms with E-state index in [1.54, 1.807) is 12.1 Å². The number of rotatable bonds is 6. The first-order valence-corrected chi connectivity index (χ1v) is 7.68. The van der Waals surface area contributed by atoms with Crippen LogP contribution in [0.25, 0.3) is 10.8 Å². The van der Waals surface area contributed by atoms with Gasteiger partial charge >= 0.3 is 0 Å². The van der Waals surface area contributed by atoms with E-state index in [4.69, 9.17) is 4.74 Å². The fourth-order valence-corrected chi connectivity index (χ4v) is 3.14. The van der Waals surface area contributed by atoms with E-state index in [0.29, 0.717) is 18.1 Å². The Hall–Kier alpha value is -1.43. The molecule has 19 heavy (non-hydrogen) atoms. The quantitative estimate of drug-likeness (QED) is 0.824. The second kappa shape index (κ2) is 6.14. The van der Waals surface area contributed by atoms with Gasteiger partial charge in [-0.15, -0.1) is 0 Å². The molecule has 0 unspecified atom stereocenters. The van der Waals surface area contributed by atoms with E-state index in [1.165, 1.54) is 0 Å². The van der Waals surface area contributed by atoms with E-state index in [0.717, 1.165) is 10.8 Å². The molecule has 0 radical (unpaired) electrons. The van der Waals surface area contributed by atoms with Crippen molar-refractivity contribution in [3.63, 3.8) is 0 Å². The first kappa shape index (κ1) is 14.0. The third kappa shape index (κ3) is 3.32. The second-order valence-electron chi connectivity index (χ2n) is 4.07. The van der Waals surface area contributed by atoms with Crippen molar-refractivity contribution in [3.05, 3.63) is 42.5 Å². The number of ether oxygens (including phenoxy) is 1. The summed E-state index contributed by atoms with van der Waals surface area (Å²) >= 11 is 0. The lowest BCUT2D eigenvalue weighted by molar-refractivity contribution is 0.153. The van der Waals surface area contributed by atoms with Crippen LogP contribution in [0.15, 0.2) is 47.4 Å². The third-order valence-electron chi connectivity index (χ3n) is 2.78. The zero-order valence-electron chi connectivity index (χ0n) is 10.8. The second-order valence-corrected chi connectivity index (χ2v) is 5.81. The molecule has 0 atom stereocenters. The largest absolute Gasteiger partial charge is 0.380 e. The Bertz CT molecular complexity index is 647. The van der Waals surface area contributed by atoms with Gasteiger partial charge in [0.15, 0.2) is 0 Å². The van der Waals surface area contributed by atoms with E-state index in [1.807, 2.05) is 37.3 Å². The van der Waals surface area contributed by atoms with E-state index in [-0.39, 0.29) is 6.54 Å². The third-order valence-corrected chi connectivity index (χ3v) is 4.30. The van der Waals surface area contributed by atoms with Gasteiger partial charge < -0.3 is 4.74 Å². The Morgan fingerprint density at radius 3 is 2.63 bits per heavy atom. The molecule has 2 rings (SSSR count). The van der Waals surface area contributed by atoms with Gasteiger partial charge in [0.25, 0.3) is 0 Å². The molecule has 0 aromatic heterocycles. The molecule has 0 bridgehead atoms. The minimum Gasteiger partial charge on any atom is -0.380 e. The van der Waals surface area contributed by atoms with Crippen LogP contribution in [0.1, 0.15) is 6.92 Å². The van der Waals surface area contributed by atoms with Crippen molar-refractivity contribution in [2.24, 2.45) is 0 Å². The van der Waals surface area contributed by atoms with Gasteiger partial charge in [-0.2, -0.15) is 0 Å². The number of hydrogen-bond donors (Lipinski definition) is 1. The molecule has 0 aliphatic carbocycles. The average Bonchev–Trinajstić information content (AvgIpc) is 2.43. The summed E-state index contributed by atoms with van der Waals surface area (Å²) in [5, 5.41) is 1.64. The highest BCUT2D eigenvalue weighted by atomic mass is 32.2. The maximum Gasteiger partial charge on any atom is 0.241 e. The van der Waals surface area contributed by atoms with Gasteiger partial charge in [-0.25, -0.2) is 13.1 Å². The molecule has 2 aromatic rings. The Balaban J connectivity index is 2.28. The van der Waals surface area contributed by atoms with Gasteiger partial charge in [0.2, 0.25) is 10.0 Å². The highest BCUT2D eigenvalue weighted by Gasteiger charge is 2.16. The van der Waals surface area contributed by atoms with Crippen LogP contribution in [0, 0.1) is 0 Å². The summed E-state index contributed by atoms with van der Waals surface area (Å²) in [4.78, 5) is 0.307. The molecule has 0 spiro atoms. The van der Waals surface area contributed by atoms with Crippen LogP contribution in [0.4, 0.5) is 0 Å². The molecule has 0 fully saturated rings. The smallest absolute Gasteiger partial charge is 0.241 e. The summed E-state index contributed by atoms with van der Waals surface area (Å²) in [6, 6.07) is 12.7. The van der Waals surface area contributed by atoms with E-state index < -0.39 is 10.0 Å². The molecule has 1 N–H and O–H groups in total. The van der Waals surface area contributed by atoms with Gasteiger partial charge in [-0.05, 0) is 18.4 Å². The molecule has 102 valence electrons. The molecular formula is C14H17NO3S. The summed E-state index contributed by atoms with van der Waals surface area (Å²) in [5.41, 5.74) is 0. The highest BCUT2D eigenvalue weighted by molar-refractivity contribution is 7.89. The molecule has 0 amide bonds. The van der Waals surface area contributed by atoms with Crippen LogP contribution < -0.4 is 4.72 Å². The molecule has 0 aliphatic rings. The standard InChI is InChI=1S/C14H17NO3S/c1-2-18-11-10-15-19(16,17)14-9-5-7-12-6-3-4-8-13(12)14/h3-9,15H,2,10-11H2,1H3. The van der Waals surface area contributed by atoms with Gasteiger partial charge in [-0.1, -0.05) is 36.4 Å². The molecule has 0 aliphatic heterocycles. The molecule has 4 nitrogen and oxygen atoms in total. The predicted molar refractivity (Wildman–Crippen MR) is 75.6 cm³/mol. The zero-order chi connectivity index (χ0) is 13.7. The van der Waals surface area contributed by atoms with Crippen molar-refractivity contribution in [3.8, 4) is 0 Å². The monoisotopic (exact) mass is 279 g/mol. The molecule has 2 aromatic carbocycles. The summed E-state index contributed by atoms with van der Waals surface area (Å²) in [5.74, 6) is 0. The van der Waals surface area contributed by atoms with Crippen molar-refractivity contribution in [1.82, 2.24) is 4.72 Å². The summed E-state index contributed by atoms with van der Waals surface area (Å²) in [6.45, 7) is 3.11. The molecular weight excluding hydrogens is 262 g/mol. The van der Waals surface area contributed by atoms with Crippen molar-refractivity contribution in [2.45, 2.75) is 11.8 Å². The summed E-state index contributed by atoms with van der Waals surface area (Å²) in [7, 11) is -3.50. The SMILES string of the molecule is CCOCCNS(=O)(=O)c1cccc2ccccc12. The topological polar surface area (TPSA) is 55.4 Å². The van der Waals surface area contributed by atoms with Crippen molar-refractivity contribution < 1.29 is 13.2 Å². The maximum atomic E-state index is 12.2. The van der Waals surface area contributed by atoms with Crippen molar-refractivity contribution in [2.75, 3.05) is 19.8 Å². The molecule has 5 heteroatoms. The summed E-state index contributed by atoms with van der Waals surface area (Å²) in [6.07, 6.45) is 0. The number of hydrogen-bond acceptors (Lipinski definition) is 3. The minimum atomic E-state index is -3.50. The van der Waals surface area contributed by atoms with Crippen LogP contribution in [0.5, 0.6) is 0 Å². The van der Waals surface area contributed by atoms with E-state index >= 15 is 0 Å². The molecule has 0 saturated carbocycles. The van der Waals surface area contributed by atoms with Gasteiger partial charge in [0.05, 0.1) is 11.5 Å². The average molecular weight is 279 g/mol. The van der Waals surface area contributed by atoms with Gasteiger partial charge in [0.1, 0.15) is 0 Å². The van der Waals surface area contributed by atoms with Crippen molar-refractivity contribution >= 4 is 20.8 Å². The lowest BCUT2D eigenvalue weighted by Gasteiger charge is -2.09. The van der Waals surface area contributed by atoms with Crippen LogP contribution in [-0.4, -0.2) is 28.2 Å². The van der Waals surface area contributed by atoms with Crippen molar-refractivity contribution in [1.29, 1.82) is 0 Å². The lowest BCUT2D eigenvalue weighted by atomic mass is 10.1. The van der Waals surface area contributed by atoms with Crippen LogP contribution in [0.3, 0.4) is 0 Å². The Kier molecular flexibility index (Phi) is 4.52. The van der Waals surface area contributed by atoms with Crippen LogP contribution >= 0.6 is 0 Å². The van der Waals surface area contributed by atoms with Gasteiger partial charge in [0, 0.05) is 18.5 Å².